The summed E-state index contributed by atoms with van der Waals surface area (Å²) in [5.41, 5.74) is 8.34. The number of nitrogens with zero attached hydrogens (tertiary/aromatic N) is 1. The van der Waals surface area contributed by atoms with Crippen molar-refractivity contribution < 1.29 is 0 Å². The molecule has 202 valence electrons. The van der Waals surface area contributed by atoms with Gasteiger partial charge in [-0.2, -0.15) is 0 Å². The molecule has 0 saturated heterocycles. The molecule has 0 aliphatic rings. The third kappa shape index (κ3) is 4.43. The molecule has 0 spiro atoms. The van der Waals surface area contributed by atoms with Crippen LogP contribution in [-0.4, -0.2) is 0 Å². The maximum atomic E-state index is 2.44. The van der Waals surface area contributed by atoms with E-state index in [2.05, 4.69) is 181 Å². The van der Waals surface area contributed by atoms with Gasteiger partial charge in [0.1, 0.15) is 0 Å². The Morgan fingerprint density at radius 2 is 0.953 bits per heavy atom. The van der Waals surface area contributed by atoms with Crippen LogP contribution in [0.3, 0.4) is 0 Å². The van der Waals surface area contributed by atoms with Crippen LogP contribution >= 0.6 is 0 Å². The van der Waals surface area contributed by atoms with Crippen LogP contribution in [0.25, 0.3) is 54.6 Å². The Morgan fingerprint density at radius 1 is 0.326 bits per heavy atom. The molecule has 0 heterocycles. The number of fused-ring (bicyclic) bond motifs is 3. The number of rotatable bonds is 5. The fourth-order valence-corrected chi connectivity index (χ4v) is 6.43. The molecule has 8 aromatic carbocycles. The maximum absolute atomic E-state index is 2.44. The topological polar surface area (TPSA) is 3.24 Å². The Balaban J connectivity index is 1.43. The number of para-hydroxylation sites is 1. The Bertz CT molecular complexity index is 2230. The first kappa shape index (κ1) is 25.1. The first-order valence-corrected chi connectivity index (χ1v) is 14.8. The molecule has 1 nitrogen and oxygen atoms in total. The highest BCUT2D eigenvalue weighted by Crippen LogP contribution is 2.47. The quantitative estimate of drug-likeness (QED) is 0.207. The van der Waals surface area contributed by atoms with Crippen molar-refractivity contribution in [3.05, 3.63) is 176 Å². The lowest BCUT2D eigenvalue weighted by molar-refractivity contribution is 1.30. The van der Waals surface area contributed by atoms with Gasteiger partial charge in [0.2, 0.25) is 0 Å². The predicted molar refractivity (Wildman–Crippen MR) is 185 cm³/mol. The van der Waals surface area contributed by atoms with Crippen molar-refractivity contribution in [3.8, 4) is 22.3 Å². The van der Waals surface area contributed by atoms with Crippen molar-refractivity contribution in [3.63, 3.8) is 0 Å². The van der Waals surface area contributed by atoms with E-state index in [0.717, 1.165) is 17.1 Å². The molecule has 0 fully saturated rings. The lowest BCUT2D eigenvalue weighted by Crippen LogP contribution is -2.12. The number of hydrogen-bond acceptors (Lipinski definition) is 1. The zero-order valence-corrected chi connectivity index (χ0v) is 23.7. The van der Waals surface area contributed by atoms with Crippen molar-refractivity contribution in [2.75, 3.05) is 4.90 Å². The molecule has 8 aromatic rings. The largest absolute Gasteiger partial charge is 0.309 e. The van der Waals surface area contributed by atoms with Crippen molar-refractivity contribution >= 4 is 49.4 Å². The van der Waals surface area contributed by atoms with Gasteiger partial charge in [0, 0.05) is 16.6 Å². The standard InChI is InChI=1S/C42H29N/c1-3-13-30(14-4-1)33-25-27-37-34(29-33)18-12-24-40(37)43(35-19-5-2-6-20-35)41-28-26-32-16-8-10-22-38(32)42(41)39-23-11-17-31-15-7-9-21-36(31)39/h1-29H. The fourth-order valence-electron chi connectivity index (χ4n) is 6.43. The minimum Gasteiger partial charge on any atom is -0.309 e. The van der Waals surface area contributed by atoms with Crippen LogP contribution in [-0.2, 0) is 0 Å². The van der Waals surface area contributed by atoms with E-state index in [1.165, 1.54) is 54.6 Å². The van der Waals surface area contributed by atoms with Gasteiger partial charge in [-0.15, -0.1) is 0 Å². The summed E-state index contributed by atoms with van der Waals surface area (Å²) in [5.74, 6) is 0. The SMILES string of the molecule is c1ccc(-c2ccc3c(N(c4ccccc4)c4ccc5ccccc5c4-c4cccc5ccccc45)cccc3c2)cc1. The first-order valence-electron chi connectivity index (χ1n) is 14.8. The second-order valence-corrected chi connectivity index (χ2v) is 11.0. The van der Waals surface area contributed by atoms with Gasteiger partial charge < -0.3 is 4.90 Å². The van der Waals surface area contributed by atoms with Gasteiger partial charge in [-0.3, -0.25) is 0 Å². The summed E-state index contributed by atoms with van der Waals surface area (Å²) in [7, 11) is 0. The molecule has 0 atom stereocenters. The van der Waals surface area contributed by atoms with Crippen molar-refractivity contribution in [1.82, 2.24) is 0 Å². The number of hydrogen-bond donors (Lipinski definition) is 0. The highest BCUT2D eigenvalue weighted by molar-refractivity contribution is 6.12. The van der Waals surface area contributed by atoms with Crippen LogP contribution < -0.4 is 4.90 Å². The van der Waals surface area contributed by atoms with Crippen LogP contribution in [0.5, 0.6) is 0 Å². The molecule has 0 radical (unpaired) electrons. The van der Waals surface area contributed by atoms with E-state index in [9.17, 15) is 0 Å². The molecule has 8 rings (SSSR count). The summed E-state index contributed by atoms with van der Waals surface area (Å²) in [6, 6.07) is 63.5. The lowest BCUT2D eigenvalue weighted by atomic mass is 9.91. The Labute approximate surface area is 251 Å². The smallest absolute Gasteiger partial charge is 0.0546 e. The molecule has 0 aliphatic heterocycles. The second-order valence-electron chi connectivity index (χ2n) is 11.0. The average molecular weight is 548 g/mol. The van der Waals surface area contributed by atoms with Gasteiger partial charge in [0.15, 0.2) is 0 Å². The number of anilines is 3. The average Bonchev–Trinajstić information content (AvgIpc) is 3.09. The van der Waals surface area contributed by atoms with Crippen LogP contribution in [0.2, 0.25) is 0 Å². The molecule has 0 unspecified atom stereocenters. The maximum Gasteiger partial charge on any atom is 0.0546 e. The van der Waals surface area contributed by atoms with Crippen molar-refractivity contribution in [2.45, 2.75) is 0 Å². The van der Waals surface area contributed by atoms with E-state index >= 15 is 0 Å². The van der Waals surface area contributed by atoms with Crippen LogP contribution in [0.1, 0.15) is 0 Å². The van der Waals surface area contributed by atoms with E-state index in [1.54, 1.807) is 0 Å². The summed E-state index contributed by atoms with van der Waals surface area (Å²) < 4.78 is 0. The van der Waals surface area contributed by atoms with Crippen molar-refractivity contribution in [1.29, 1.82) is 0 Å². The molecule has 1 heteroatoms. The van der Waals surface area contributed by atoms with Gasteiger partial charge in [0.25, 0.3) is 0 Å². The minimum absolute atomic E-state index is 1.12. The van der Waals surface area contributed by atoms with E-state index in [1.807, 2.05) is 0 Å². The Hall–Kier alpha value is -5.66. The molecular weight excluding hydrogens is 518 g/mol. The highest BCUT2D eigenvalue weighted by Gasteiger charge is 2.22. The Kier molecular flexibility index (Phi) is 6.20. The summed E-state index contributed by atoms with van der Waals surface area (Å²) in [4.78, 5) is 2.44. The van der Waals surface area contributed by atoms with Gasteiger partial charge in [0.05, 0.1) is 11.4 Å². The normalized spacial score (nSPS) is 11.3. The summed E-state index contributed by atoms with van der Waals surface area (Å²) in [6.07, 6.45) is 0. The number of benzene rings is 8. The van der Waals surface area contributed by atoms with Crippen LogP contribution in [0.4, 0.5) is 17.1 Å². The van der Waals surface area contributed by atoms with Crippen molar-refractivity contribution in [2.24, 2.45) is 0 Å². The highest BCUT2D eigenvalue weighted by atomic mass is 15.1. The van der Waals surface area contributed by atoms with Gasteiger partial charge in [-0.25, -0.2) is 0 Å². The minimum atomic E-state index is 1.12. The van der Waals surface area contributed by atoms with E-state index < -0.39 is 0 Å². The van der Waals surface area contributed by atoms with Crippen LogP contribution in [0.15, 0.2) is 176 Å². The summed E-state index contributed by atoms with van der Waals surface area (Å²) in [5, 5.41) is 7.39. The zero-order valence-electron chi connectivity index (χ0n) is 23.7. The zero-order chi connectivity index (χ0) is 28.6. The fraction of sp³-hybridized carbons (Fsp3) is 0. The van der Waals surface area contributed by atoms with E-state index in [-0.39, 0.29) is 0 Å². The molecule has 0 aliphatic carbocycles. The third-order valence-electron chi connectivity index (χ3n) is 8.43. The van der Waals surface area contributed by atoms with Gasteiger partial charge in [-0.05, 0) is 74.0 Å². The summed E-state index contributed by atoms with van der Waals surface area (Å²) >= 11 is 0. The molecule has 0 amide bonds. The molecule has 43 heavy (non-hydrogen) atoms. The molecule has 0 saturated carbocycles. The Morgan fingerprint density at radius 3 is 1.77 bits per heavy atom. The molecule has 0 N–H and O–H groups in total. The lowest BCUT2D eigenvalue weighted by Gasteiger charge is -2.30. The van der Waals surface area contributed by atoms with Crippen LogP contribution in [0, 0.1) is 0 Å². The van der Waals surface area contributed by atoms with E-state index in [0.29, 0.717) is 0 Å². The molecule has 0 aromatic heterocycles. The molecular formula is C42H29N. The first-order chi connectivity index (χ1) is 21.3. The molecule has 0 bridgehead atoms. The van der Waals surface area contributed by atoms with E-state index in [4.69, 9.17) is 0 Å². The third-order valence-corrected chi connectivity index (χ3v) is 8.43. The second kappa shape index (κ2) is 10.6. The summed E-state index contributed by atoms with van der Waals surface area (Å²) in [6.45, 7) is 0. The van der Waals surface area contributed by atoms with Gasteiger partial charge >= 0.3 is 0 Å². The van der Waals surface area contributed by atoms with Gasteiger partial charge in [-0.1, -0.05) is 146 Å². The predicted octanol–water partition coefficient (Wildman–Crippen LogP) is 11.9. The monoisotopic (exact) mass is 547 g/mol.